The molecule has 2 nitrogen and oxygen atoms in total. The molecule has 0 atom stereocenters. The summed E-state index contributed by atoms with van der Waals surface area (Å²) >= 11 is 1.85. The van der Waals surface area contributed by atoms with Gasteiger partial charge < -0.3 is 0 Å². The molecule has 0 bridgehead atoms. The van der Waals surface area contributed by atoms with Gasteiger partial charge in [0.2, 0.25) is 0 Å². The number of aromatic nitrogens is 2. The van der Waals surface area contributed by atoms with Gasteiger partial charge in [-0.05, 0) is 75.5 Å². The van der Waals surface area contributed by atoms with E-state index in [9.17, 15) is 0 Å². The van der Waals surface area contributed by atoms with Crippen LogP contribution in [0.3, 0.4) is 0 Å². The summed E-state index contributed by atoms with van der Waals surface area (Å²) in [6.45, 7) is 0. The molecule has 9 aromatic rings. The number of benzene rings is 7. The third-order valence-corrected chi connectivity index (χ3v) is 10.0. The first kappa shape index (κ1) is 27.4. The molecule has 220 valence electrons. The first-order valence-corrected chi connectivity index (χ1v) is 16.6. The molecule has 0 N–H and O–H groups in total. The maximum Gasteiger partial charge on any atom is 0.160 e. The molecule has 47 heavy (non-hydrogen) atoms. The van der Waals surface area contributed by atoms with Crippen LogP contribution in [0, 0.1) is 0 Å². The second kappa shape index (κ2) is 11.5. The molecule has 2 aromatic heterocycles. The van der Waals surface area contributed by atoms with Crippen molar-refractivity contribution in [3.05, 3.63) is 170 Å². The lowest BCUT2D eigenvalue weighted by atomic mass is 9.93. The largest absolute Gasteiger partial charge is 0.228 e. The topological polar surface area (TPSA) is 25.8 Å². The zero-order valence-corrected chi connectivity index (χ0v) is 26.3. The van der Waals surface area contributed by atoms with Crippen LogP contribution >= 0.6 is 11.3 Å². The van der Waals surface area contributed by atoms with E-state index < -0.39 is 0 Å². The summed E-state index contributed by atoms with van der Waals surface area (Å²) in [6.07, 6.45) is 0. The average molecular weight is 617 g/mol. The molecule has 0 fully saturated rings. The highest BCUT2D eigenvalue weighted by molar-refractivity contribution is 7.25. The number of hydrogen-bond acceptors (Lipinski definition) is 3. The third-order valence-electron chi connectivity index (χ3n) is 8.87. The Bertz CT molecular complexity index is 2560. The SMILES string of the molecule is c1ccc(-c2cc(-c3ccc4sc5ccccc5c4c3)cc(-c3cc(-c4cccc5ccccc45)nc(-c4ccccc4)n3)c2)cc1. The molecule has 0 unspecified atom stereocenters. The summed E-state index contributed by atoms with van der Waals surface area (Å²) in [4.78, 5) is 10.4. The zero-order chi connectivity index (χ0) is 31.2. The number of fused-ring (bicyclic) bond motifs is 4. The van der Waals surface area contributed by atoms with Gasteiger partial charge in [-0.25, -0.2) is 9.97 Å². The van der Waals surface area contributed by atoms with Crippen molar-refractivity contribution in [1.29, 1.82) is 0 Å². The average Bonchev–Trinajstić information content (AvgIpc) is 3.53. The summed E-state index contributed by atoms with van der Waals surface area (Å²) in [5.74, 6) is 0.712. The van der Waals surface area contributed by atoms with E-state index in [1.165, 1.54) is 42.1 Å². The van der Waals surface area contributed by atoms with Crippen LogP contribution in [0.5, 0.6) is 0 Å². The summed E-state index contributed by atoms with van der Waals surface area (Å²) in [7, 11) is 0. The van der Waals surface area contributed by atoms with E-state index in [-0.39, 0.29) is 0 Å². The summed E-state index contributed by atoms with van der Waals surface area (Å²) in [5, 5.41) is 4.96. The van der Waals surface area contributed by atoms with Gasteiger partial charge in [0.25, 0.3) is 0 Å². The predicted molar refractivity (Wildman–Crippen MR) is 200 cm³/mol. The second-order valence-corrected chi connectivity index (χ2v) is 12.9. The van der Waals surface area contributed by atoms with E-state index in [0.717, 1.165) is 39.2 Å². The van der Waals surface area contributed by atoms with E-state index >= 15 is 0 Å². The van der Waals surface area contributed by atoms with Crippen LogP contribution in [0.1, 0.15) is 0 Å². The van der Waals surface area contributed by atoms with Gasteiger partial charge in [-0.2, -0.15) is 0 Å². The van der Waals surface area contributed by atoms with Crippen LogP contribution in [0.4, 0.5) is 0 Å². The van der Waals surface area contributed by atoms with Crippen molar-refractivity contribution < 1.29 is 0 Å². The van der Waals surface area contributed by atoms with Gasteiger partial charge in [0, 0.05) is 36.9 Å². The minimum Gasteiger partial charge on any atom is -0.228 e. The highest BCUT2D eigenvalue weighted by Gasteiger charge is 2.15. The van der Waals surface area contributed by atoms with Gasteiger partial charge in [-0.15, -0.1) is 11.3 Å². The summed E-state index contributed by atoms with van der Waals surface area (Å²) in [6, 6.07) is 60.4. The van der Waals surface area contributed by atoms with Crippen molar-refractivity contribution in [3.8, 4) is 56.2 Å². The van der Waals surface area contributed by atoms with E-state index in [0.29, 0.717) is 5.82 Å². The van der Waals surface area contributed by atoms with Gasteiger partial charge in [0.1, 0.15) is 0 Å². The Kier molecular flexibility index (Phi) is 6.69. The Labute approximate surface area is 277 Å². The molecular weight excluding hydrogens is 589 g/mol. The van der Waals surface area contributed by atoms with Crippen molar-refractivity contribution in [2.24, 2.45) is 0 Å². The third kappa shape index (κ3) is 5.07. The zero-order valence-electron chi connectivity index (χ0n) is 25.5. The maximum absolute atomic E-state index is 5.22. The van der Waals surface area contributed by atoms with Gasteiger partial charge >= 0.3 is 0 Å². The molecule has 0 saturated carbocycles. The number of hydrogen-bond donors (Lipinski definition) is 0. The van der Waals surface area contributed by atoms with Gasteiger partial charge in [-0.3, -0.25) is 0 Å². The molecular formula is C44H28N2S. The fraction of sp³-hybridized carbons (Fsp3) is 0. The molecule has 0 aliphatic heterocycles. The Morgan fingerprint density at radius 1 is 0.340 bits per heavy atom. The monoisotopic (exact) mass is 616 g/mol. The van der Waals surface area contributed by atoms with Crippen LogP contribution in [-0.2, 0) is 0 Å². The fourth-order valence-electron chi connectivity index (χ4n) is 6.54. The maximum atomic E-state index is 5.22. The molecule has 9 rings (SSSR count). The second-order valence-electron chi connectivity index (χ2n) is 11.8. The van der Waals surface area contributed by atoms with E-state index in [1.54, 1.807) is 0 Å². The van der Waals surface area contributed by atoms with Crippen LogP contribution < -0.4 is 0 Å². The number of thiophene rings is 1. The minimum atomic E-state index is 0.712. The standard InChI is InChI=1S/C44H28N2S/c1-3-12-29(13-4-1)33-24-34(32-22-23-43-39(27-32)38-19-9-10-21-42(38)47-43)26-35(25-33)40-28-41(46-44(45-40)31-15-5-2-6-16-31)37-20-11-17-30-14-7-8-18-36(30)37/h1-28H. The summed E-state index contributed by atoms with van der Waals surface area (Å²) in [5.41, 5.74) is 9.60. The van der Waals surface area contributed by atoms with Crippen LogP contribution in [0.15, 0.2) is 170 Å². The number of rotatable bonds is 5. The lowest BCUT2D eigenvalue weighted by Gasteiger charge is -2.14. The van der Waals surface area contributed by atoms with Gasteiger partial charge in [0.05, 0.1) is 11.4 Å². The van der Waals surface area contributed by atoms with Crippen molar-refractivity contribution in [2.75, 3.05) is 0 Å². The van der Waals surface area contributed by atoms with Crippen molar-refractivity contribution in [2.45, 2.75) is 0 Å². The molecule has 0 saturated heterocycles. The molecule has 0 spiro atoms. The van der Waals surface area contributed by atoms with Crippen LogP contribution in [0.25, 0.3) is 87.1 Å². The molecule has 0 amide bonds. The molecule has 7 aromatic carbocycles. The Hall–Kier alpha value is -5.90. The lowest BCUT2D eigenvalue weighted by Crippen LogP contribution is -1.97. The van der Waals surface area contributed by atoms with Crippen molar-refractivity contribution in [3.63, 3.8) is 0 Å². The van der Waals surface area contributed by atoms with E-state index in [2.05, 4.69) is 152 Å². The molecule has 2 heterocycles. The summed E-state index contributed by atoms with van der Waals surface area (Å²) < 4.78 is 2.62. The minimum absolute atomic E-state index is 0.712. The highest BCUT2D eigenvalue weighted by Crippen LogP contribution is 2.39. The fourth-order valence-corrected chi connectivity index (χ4v) is 7.63. The van der Waals surface area contributed by atoms with Gasteiger partial charge in [-0.1, -0.05) is 127 Å². The highest BCUT2D eigenvalue weighted by atomic mass is 32.1. The quantitative estimate of drug-likeness (QED) is 0.192. The first-order chi connectivity index (χ1) is 23.3. The van der Waals surface area contributed by atoms with Gasteiger partial charge in [0.15, 0.2) is 5.82 Å². The Morgan fingerprint density at radius 2 is 0.957 bits per heavy atom. The molecule has 3 heteroatoms. The van der Waals surface area contributed by atoms with Crippen molar-refractivity contribution >= 4 is 42.3 Å². The lowest BCUT2D eigenvalue weighted by molar-refractivity contribution is 1.18. The molecule has 0 aliphatic carbocycles. The Balaban J connectivity index is 1.28. The van der Waals surface area contributed by atoms with Crippen LogP contribution in [0.2, 0.25) is 0 Å². The van der Waals surface area contributed by atoms with Crippen molar-refractivity contribution in [1.82, 2.24) is 9.97 Å². The van der Waals surface area contributed by atoms with E-state index in [1.807, 2.05) is 29.5 Å². The number of nitrogens with zero attached hydrogens (tertiary/aromatic N) is 2. The van der Waals surface area contributed by atoms with E-state index in [4.69, 9.17) is 9.97 Å². The smallest absolute Gasteiger partial charge is 0.160 e. The molecule has 0 aliphatic rings. The van der Waals surface area contributed by atoms with Crippen LogP contribution in [-0.4, -0.2) is 9.97 Å². The normalized spacial score (nSPS) is 11.4. The molecule has 0 radical (unpaired) electrons. The first-order valence-electron chi connectivity index (χ1n) is 15.8. The Morgan fingerprint density at radius 3 is 1.79 bits per heavy atom. The predicted octanol–water partition coefficient (Wildman–Crippen LogP) is 12.3.